The number of hydrogen-bond acceptors (Lipinski definition) is 4. The van der Waals surface area contributed by atoms with Gasteiger partial charge in [0.15, 0.2) is 0 Å². The van der Waals surface area contributed by atoms with Crippen molar-refractivity contribution in [3.63, 3.8) is 0 Å². The van der Waals surface area contributed by atoms with Crippen LogP contribution >= 0.6 is 11.8 Å². The summed E-state index contributed by atoms with van der Waals surface area (Å²) in [6.45, 7) is 2.11. The average Bonchev–Trinajstić information content (AvgIpc) is 2.69. The summed E-state index contributed by atoms with van der Waals surface area (Å²) in [4.78, 5) is 5.05. The number of rotatable bonds is 4. The molecule has 5 heteroatoms. The van der Waals surface area contributed by atoms with Crippen LogP contribution in [0.2, 0.25) is 0 Å². The molecular weight excluding hydrogens is 232 g/mol. The highest BCUT2D eigenvalue weighted by Gasteiger charge is 2.05. The fourth-order valence-corrected chi connectivity index (χ4v) is 2.51. The number of aromatic nitrogens is 3. The van der Waals surface area contributed by atoms with Crippen LogP contribution in [0.1, 0.15) is 18.3 Å². The van der Waals surface area contributed by atoms with E-state index in [1.807, 2.05) is 17.8 Å². The van der Waals surface area contributed by atoms with Crippen LogP contribution in [0.5, 0.6) is 0 Å². The maximum atomic E-state index is 5.85. The molecule has 2 aromatic rings. The number of nitrogens with two attached hydrogens (primary N) is 1. The molecular formula is C12H16N4S. The first-order valence-corrected chi connectivity index (χ1v) is 6.53. The van der Waals surface area contributed by atoms with Crippen molar-refractivity contribution in [3.05, 3.63) is 35.9 Å². The molecule has 0 aliphatic rings. The summed E-state index contributed by atoms with van der Waals surface area (Å²) in [5.74, 6) is 0.873. The summed E-state index contributed by atoms with van der Waals surface area (Å²) in [5.41, 5.74) is 8.92. The van der Waals surface area contributed by atoms with Gasteiger partial charge in [-0.2, -0.15) is 5.10 Å². The van der Waals surface area contributed by atoms with Gasteiger partial charge in [-0.1, -0.05) is 6.92 Å². The predicted octanol–water partition coefficient (Wildman–Crippen LogP) is 2.25. The Bertz CT molecular complexity index is 507. The molecule has 0 bridgehead atoms. The van der Waals surface area contributed by atoms with E-state index < -0.39 is 0 Å². The van der Waals surface area contributed by atoms with Gasteiger partial charge in [-0.3, -0.25) is 9.67 Å². The van der Waals surface area contributed by atoms with Crippen LogP contribution in [0.25, 0.3) is 0 Å². The van der Waals surface area contributed by atoms with Crippen LogP contribution in [-0.2, 0) is 19.2 Å². The van der Waals surface area contributed by atoms with Crippen molar-refractivity contribution in [2.24, 2.45) is 7.05 Å². The Labute approximate surface area is 105 Å². The van der Waals surface area contributed by atoms with E-state index in [0.29, 0.717) is 0 Å². The lowest BCUT2D eigenvalue weighted by Crippen LogP contribution is -1.97. The van der Waals surface area contributed by atoms with Crippen molar-refractivity contribution >= 4 is 17.4 Å². The van der Waals surface area contributed by atoms with Crippen LogP contribution in [0.4, 0.5) is 5.69 Å². The van der Waals surface area contributed by atoms with E-state index in [1.165, 1.54) is 5.69 Å². The van der Waals surface area contributed by atoms with Gasteiger partial charge in [0.1, 0.15) is 0 Å². The highest BCUT2D eigenvalue weighted by Crippen LogP contribution is 2.27. The van der Waals surface area contributed by atoms with Crippen LogP contribution in [0.3, 0.4) is 0 Å². The lowest BCUT2D eigenvalue weighted by Gasteiger charge is -2.04. The summed E-state index contributed by atoms with van der Waals surface area (Å²) in [5, 5.41) is 4.42. The molecule has 0 spiro atoms. The summed E-state index contributed by atoms with van der Waals surface area (Å²) in [6.07, 6.45) is 4.42. The summed E-state index contributed by atoms with van der Waals surface area (Å²) < 4.78 is 1.93. The second kappa shape index (κ2) is 5.23. The number of hydrogen-bond donors (Lipinski definition) is 1. The Balaban J connectivity index is 2.07. The first-order chi connectivity index (χ1) is 8.20. The zero-order valence-electron chi connectivity index (χ0n) is 10.1. The number of aryl methyl sites for hydroxylation is 2. The summed E-state index contributed by atoms with van der Waals surface area (Å²) in [6, 6.07) is 4.08. The molecule has 0 aliphatic carbocycles. The molecule has 0 saturated heterocycles. The Kier molecular flexibility index (Phi) is 3.68. The molecule has 2 aromatic heterocycles. The van der Waals surface area contributed by atoms with E-state index in [2.05, 4.69) is 23.1 Å². The van der Waals surface area contributed by atoms with Gasteiger partial charge in [0.05, 0.1) is 17.6 Å². The number of nitrogen functional groups attached to an aromatic ring is 1. The maximum Gasteiger partial charge on any atom is 0.0638 e. The molecule has 0 atom stereocenters. The largest absolute Gasteiger partial charge is 0.397 e. The molecule has 17 heavy (non-hydrogen) atoms. The first-order valence-electron chi connectivity index (χ1n) is 5.54. The monoisotopic (exact) mass is 248 g/mol. The molecule has 0 fully saturated rings. The number of thioether (sulfide) groups is 1. The molecule has 2 heterocycles. The van der Waals surface area contributed by atoms with Crippen molar-refractivity contribution in [1.29, 1.82) is 0 Å². The maximum absolute atomic E-state index is 5.85. The Hall–Kier alpha value is -1.49. The zero-order chi connectivity index (χ0) is 12.3. The molecule has 0 amide bonds. The minimum absolute atomic E-state index is 0.732. The second-order valence-electron chi connectivity index (χ2n) is 3.81. The van der Waals surface area contributed by atoms with Gasteiger partial charge in [0.2, 0.25) is 0 Å². The fourth-order valence-electron chi connectivity index (χ4n) is 1.56. The molecule has 0 radical (unpaired) electrons. The van der Waals surface area contributed by atoms with Gasteiger partial charge in [-0.05, 0) is 18.6 Å². The zero-order valence-corrected chi connectivity index (χ0v) is 10.9. The van der Waals surface area contributed by atoms with Crippen LogP contribution < -0.4 is 5.73 Å². The number of anilines is 1. The van der Waals surface area contributed by atoms with Gasteiger partial charge in [0, 0.05) is 29.6 Å². The van der Waals surface area contributed by atoms with E-state index in [0.717, 1.165) is 28.5 Å². The molecule has 0 aromatic carbocycles. The highest BCUT2D eigenvalue weighted by molar-refractivity contribution is 7.98. The van der Waals surface area contributed by atoms with Gasteiger partial charge in [-0.15, -0.1) is 11.8 Å². The van der Waals surface area contributed by atoms with E-state index in [4.69, 9.17) is 5.73 Å². The third kappa shape index (κ3) is 2.79. The topological polar surface area (TPSA) is 56.7 Å². The summed E-state index contributed by atoms with van der Waals surface area (Å²) >= 11 is 1.71. The Morgan fingerprint density at radius 1 is 1.47 bits per heavy atom. The normalized spacial score (nSPS) is 10.7. The first kappa shape index (κ1) is 12.0. The van der Waals surface area contributed by atoms with E-state index in [9.17, 15) is 0 Å². The summed E-state index contributed by atoms with van der Waals surface area (Å²) in [7, 11) is 1.98. The third-order valence-electron chi connectivity index (χ3n) is 2.58. The van der Waals surface area contributed by atoms with Gasteiger partial charge in [0.25, 0.3) is 0 Å². The van der Waals surface area contributed by atoms with Gasteiger partial charge >= 0.3 is 0 Å². The average molecular weight is 248 g/mol. The van der Waals surface area contributed by atoms with Crippen LogP contribution in [0, 0.1) is 0 Å². The highest BCUT2D eigenvalue weighted by atomic mass is 32.2. The molecule has 4 nitrogen and oxygen atoms in total. The van der Waals surface area contributed by atoms with Crippen molar-refractivity contribution in [2.45, 2.75) is 24.0 Å². The minimum Gasteiger partial charge on any atom is -0.397 e. The Morgan fingerprint density at radius 3 is 2.94 bits per heavy atom. The molecule has 90 valence electrons. The molecule has 0 saturated carbocycles. The van der Waals surface area contributed by atoms with Crippen molar-refractivity contribution in [3.8, 4) is 0 Å². The molecule has 2 rings (SSSR count). The molecule has 0 unspecified atom stereocenters. The van der Waals surface area contributed by atoms with E-state index >= 15 is 0 Å². The van der Waals surface area contributed by atoms with E-state index in [1.54, 1.807) is 24.2 Å². The van der Waals surface area contributed by atoms with Crippen LogP contribution in [0.15, 0.2) is 29.4 Å². The van der Waals surface area contributed by atoms with Gasteiger partial charge < -0.3 is 5.73 Å². The number of pyridine rings is 1. The molecule has 2 N–H and O–H groups in total. The SMILES string of the molecule is CCc1cc(CSc2ccncc2N)n(C)n1. The smallest absolute Gasteiger partial charge is 0.0638 e. The van der Waals surface area contributed by atoms with Crippen molar-refractivity contribution in [1.82, 2.24) is 14.8 Å². The molecule has 0 aliphatic heterocycles. The minimum atomic E-state index is 0.732. The Morgan fingerprint density at radius 2 is 2.29 bits per heavy atom. The third-order valence-corrected chi connectivity index (χ3v) is 3.70. The standard InChI is InChI=1S/C12H16N4S/c1-3-9-6-10(16(2)15-9)8-17-12-4-5-14-7-11(12)13/h4-7H,3,8,13H2,1-2H3. The van der Waals surface area contributed by atoms with Gasteiger partial charge in [-0.25, -0.2) is 0 Å². The number of nitrogens with zero attached hydrogens (tertiary/aromatic N) is 3. The van der Waals surface area contributed by atoms with E-state index in [-0.39, 0.29) is 0 Å². The van der Waals surface area contributed by atoms with Crippen molar-refractivity contribution < 1.29 is 0 Å². The lowest BCUT2D eigenvalue weighted by atomic mass is 10.3. The predicted molar refractivity (Wildman–Crippen MR) is 70.8 cm³/mol. The quantitative estimate of drug-likeness (QED) is 0.843. The lowest BCUT2D eigenvalue weighted by molar-refractivity contribution is 0.720. The fraction of sp³-hybridized carbons (Fsp3) is 0.333. The second-order valence-corrected chi connectivity index (χ2v) is 4.82. The van der Waals surface area contributed by atoms with Crippen LogP contribution in [-0.4, -0.2) is 14.8 Å². The van der Waals surface area contributed by atoms with Crippen molar-refractivity contribution in [2.75, 3.05) is 5.73 Å².